The van der Waals surface area contributed by atoms with E-state index < -0.39 is 5.92 Å². The summed E-state index contributed by atoms with van der Waals surface area (Å²) in [4.78, 5) is 24.9. The van der Waals surface area contributed by atoms with E-state index in [0.717, 1.165) is 5.56 Å². The van der Waals surface area contributed by atoms with Gasteiger partial charge in [0, 0.05) is 42.6 Å². The number of carbonyl (C=O) groups excluding carboxylic acids is 2. The summed E-state index contributed by atoms with van der Waals surface area (Å²) in [5.41, 5.74) is 3.05. The van der Waals surface area contributed by atoms with E-state index in [9.17, 15) is 9.59 Å². The molecule has 24 heavy (non-hydrogen) atoms. The van der Waals surface area contributed by atoms with Crippen molar-refractivity contribution >= 4 is 35.0 Å². The van der Waals surface area contributed by atoms with Gasteiger partial charge in [0.15, 0.2) is 0 Å². The van der Waals surface area contributed by atoms with Gasteiger partial charge in [0.1, 0.15) is 0 Å². The summed E-state index contributed by atoms with van der Waals surface area (Å²) >= 11 is 12.1. The second kappa shape index (κ2) is 7.28. The molecule has 0 aliphatic carbocycles. The molecule has 1 aromatic carbocycles. The van der Waals surface area contributed by atoms with Crippen molar-refractivity contribution in [1.29, 1.82) is 0 Å². The Hall–Kier alpha value is -1.98. The van der Waals surface area contributed by atoms with Crippen LogP contribution in [0.15, 0.2) is 40.7 Å². The summed E-state index contributed by atoms with van der Waals surface area (Å²) in [5, 5.41) is 9.17. The molecule has 0 spiro atoms. The van der Waals surface area contributed by atoms with Crippen molar-refractivity contribution in [3.8, 4) is 0 Å². The summed E-state index contributed by atoms with van der Waals surface area (Å²) in [7, 11) is 3.11. The predicted octanol–water partition coefficient (Wildman–Crippen LogP) is 2.72. The van der Waals surface area contributed by atoms with Gasteiger partial charge >= 0.3 is 0 Å². The maximum absolute atomic E-state index is 12.5. The van der Waals surface area contributed by atoms with Gasteiger partial charge in [-0.05, 0) is 31.5 Å². The normalized spacial score (nSPS) is 15.2. The first-order chi connectivity index (χ1) is 11.3. The molecule has 1 aromatic rings. The van der Waals surface area contributed by atoms with Crippen LogP contribution in [-0.4, -0.2) is 25.9 Å². The topological polar surface area (TPSA) is 70.2 Å². The minimum atomic E-state index is -0.541. The third-order valence-electron chi connectivity index (χ3n) is 3.98. The number of allylic oxidation sites excluding steroid dienone is 2. The Morgan fingerprint density at radius 3 is 1.88 bits per heavy atom. The van der Waals surface area contributed by atoms with Crippen LogP contribution in [0.25, 0.3) is 0 Å². The molecule has 128 valence electrons. The summed E-state index contributed by atoms with van der Waals surface area (Å²) in [6.07, 6.45) is 0. The zero-order valence-electron chi connectivity index (χ0n) is 13.9. The average Bonchev–Trinajstić information content (AvgIpc) is 2.55. The van der Waals surface area contributed by atoms with Crippen molar-refractivity contribution in [2.45, 2.75) is 19.8 Å². The van der Waals surface area contributed by atoms with E-state index in [1.165, 1.54) is 0 Å². The molecule has 0 unspecified atom stereocenters. The molecular weight excluding hydrogens is 349 g/mol. The van der Waals surface area contributed by atoms with Crippen molar-refractivity contribution < 1.29 is 9.59 Å². The molecule has 2 rings (SSSR count). The fourth-order valence-electron chi connectivity index (χ4n) is 2.89. The van der Waals surface area contributed by atoms with Crippen LogP contribution < -0.4 is 16.0 Å². The number of halogens is 2. The van der Waals surface area contributed by atoms with Gasteiger partial charge in [-0.25, -0.2) is 0 Å². The van der Waals surface area contributed by atoms with E-state index in [1.54, 1.807) is 46.1 Å². The number of nitrogens with one attached hydrogen (secondary N) is 3. The van der Waals surface area contributed by atoms with Crippen molar-refractivity contribution in [1.82, 2.24) is 16.0 Å². The highest BCUT2D eigenvalue weighted by Crippen LogP contribution is 2.39. The van der Waals surface area contributed by atoms with Crippen LogP contribution in [0, 0.1) is 0 Å². The molecular formula is C17H19Cl2N3O2. The molecule has 0 saturated heterocycles. The van der Waals surface area contributed by atoms with Crippen molar-refractivity contribution in [2.24, 2.45) is 0 Å². The lowest BCUT2D eigenvalue weighted by atomic mass is 9.79. The molecule has 1 aliphatic rings. The maximum atomic E-state index is 12.5. The first-order valence-corrected chi connectivity index (χ1v) is 8.15. The molecule has 0 atom stereocenters. The SMILES string of the molecule is CNC(=O)C1=C(C)NC(C)=C(C(=O)NC)C1c1ccc(Cl)c(Cl)c1. The highest BCUT2D eigenvalue weighted by Gasteiger charge is 2.35. The van der Waals surface area contributed by atoms with Gasteiger partial charge in [-0.3, -0.25) is 9.59 Å². The number of rotatable bonds is 3. The average molecular weight is 368 g/mol. The van der Waals surface area contributed by atoms with Gasteiger partial charge < -0.3 is 16.0 Å². The molecule has 0 fully saturated rings. The number of likely N-dealkylation sites (N-methyl/N-ethyl adjacent to an activating group) is 2. The number of hydrogen-bond acceptors (Lipinski definition) is 3. The Bertz CT molecular complexity index is 731. The van der Waals surface area contributed by atoms with E-state index in [2.05, 4.69) is 16.0 Å². The zero-order valence-corrected chi connectivity index (χ0v) is 15.4. The van der Waals surface area contributed by atoms with E-state index >= 15 is 0 Å². The Balaban J connectivity index is 2.71. The largest absolute Gasteiger partial charge is 0.362 e. The quantitative estimate of drug-likeness (QED) is 0.769. The van der Waals surface area contributed by atoms with Gasteiger partial charge in [0.25, 0.3) is 0 Å². The number of hydrogen-bond donors (Lipinski definition) is 3. The molecule has 7 heteroatoms. The Morgan fingerprint density at radius 2 is 1.46 bits per heavy atom. The summed E-state index contributed by atoms with van der Waals surface area (Å²) < 4.78 is 0. The highest BCUT2D eigenvalue weighted by atomic mass is 35.5. The zero-order chi connectivity index (χ0) is 18.0. The van der Waals surface area contributed by atoms with Crippen LogP contribution in [0.1, 0.15) is 25.3 Å². The van der Waals surface area contributed by atoms with Gasteiger partial charge in [-0.15, -0.1) is 0 Å². The van der Waals surface area contributed by atoms with Crippen LogP contribution in [0.4, 0.5) is 0 Å². The van der Waals surface area contributed by atoms with E-state index in [1.807, 2.05) is 0 Å². The van der Waals surface area contributed by atoms with Gasteiger partial charge in [-0.1, -0.05) is 29.3 Å². The van der Waals surface area contributed by atoms with Crippen LogP contribution in [0.5, 0.6) is 0 Å². The molecule has 0 radical (unpaired) electrons. The lowest BCUT2D eigenvalue weighted by Crippen LogP contribution is -2.37. The Kier molecular flexibility index (Phi) is 5.57. The molecule has 3 N–H and O–H groups in total. The molecule has 0 aromatic heterocycles. The second-order valence-electron chi connectivity index (χ2n) is 5.47. The Morgan fingerprint density at radius 1 is 0.958 bits per heavy atom. The van der Waals surface area contributed by atoms with Crippen molar-refractivity contribution in [2.75, 3.05) is 14.1 Å². The lowest BCUT2D eigenvalue weighted by Gasteiger charge is -2.31. The highest BCUT2D eigenvalue weighted by molar-refractivity contribution is 6.42. The first kappa shape index (κ1) is 18.4. The third kappa shape index (κ3) is 3.28. The number of benzene rings is 1. The molecule has 2 amide bonds. The van der Waals surface area contributed by atoms with E-state index in [4.69, 9.17) is 23.2 Å². The van der Waals surface area contributed by atoms with Crippen molar-refractivity contribution in [3.05, 3.63) is 56.3 Å². The van der Waals surface area contributed by atoms with Gasteiger partial charge in [0.05, 0.1) is 10.0 Å². The van der Waals surface area contributed by atoms with Crippen molar-refractivity contribution in [3.63, 3.8) is 0 Å². The third-order valence-corrected chi connectivity index (χ3v) is 4.72. The predicted molar refractivity (Wildman–Crippen MR) is 95.9 cm³/mol. The summed E-state index contributed by atoms with van der Waals surface area (Å²) in [5.74, 6) is -1.06. The molecule has 1 aliphatic heterocycles. The smallest absolute Gasteiger partial charge is 0.249 e. The molecule has 5 nitrogen and oxygen atoms in total. The number of dihydropyridines is 1. The van der Waals surface area contributed by atoms with E-state index in [-0.39, 0.29) is 11.8 Å². The Labute approximate surface area is 151 Å². The minimum absolute atomic E-state index is 0.259. The number of carbonyl (C=O) groups is 2. The molecule has 1 heterocycles. The maximum Gasteiger partial charge on any atom is 0.249 e. The summed E-state index contributed by atoms with van der Waals surface area (Å²) in [6.45, 7) is 3.61. The standard InChI is InChI=1S/C17H19Cl2N3O2/c1-8-13(16(23)20-3)15(10-5-6-11(18)12(19)7-10)14(9(2)22-8)17(24)21-4/h5-7,15,22H,1-4H3,(H,20,23)(H,21,24). The monoisotopic (exact) mass is 367 g/mol. The van der Waals surface area contributed by atoms with Gasteiger partial charge in [0.2, 0.25) is 11.8 Å². The second-order valence-corrected chi connectivity index (χ2v) is 6.28. The first-order valence-electron chi connectivity index (χ1n) is 7.39. The molecule has 0 bridgehead atoms. The minimum Gasteiger partial charge on any atom is -0.362 e. The number of amides is 2. The molecule has 0 saturated carbocycles. The fourth-order valence-corrected chi connectivity index (χ4v) is 3.20. The van der Waals surface area contributed by atoms with Crippen LogP contribution in [-0.2, 0) is 9.59 Å². The summed E-state index contributed by atoms with van der Waals surface area (Å²) in [6, 6.07) is 5.12. The lowest BCUT2D eigenvalue weighted by molar-refractivity contribution is -0.117. The van der Waals surface area contributed by atoms with Crippen LogP contribution in [0.3, 0.4) is 0 Å². The van der Waals surface area contributed by atoms with Crippen LogP contribution in [0.2, 0.25) is 10.0 Å². The van der Waals surface area contributed by atoms with E-state index in [0.29, 0.717) is 32.6 Å². The van der Waals surface area contributed by atoms with Gasteiger partial charge in [-0.2, -0.15) is 0 Å². The fraction of sp³-hybridized carbons (Fsp3) is 0.294. The van der Waals surface area contributed by atoms with Crippen LogP contribution >= 0.6 is 23.2 Å².